The second-order valence-electron chi connectivity index (χ2n) is 14.8. The summed E-state index contributed by atoms with van der Waals surface area (Å²) < 4.78 is 4.82. The topological polar surface area (TPSA) is 43.6 Å². The lowest BCUT2D eigenvalue weighted by Gasteiger charge is -2.11. The van der Waals surface area contributed by atoms with Gasteiger partial charge in [-0.05, 0) is 75.1 Å². The molecule has 0 aliphatic rings. The van der Waals surface area contributed by atoms with Gasteiger partial charge in [0.05, 0.1) is 11.0 Å². The number of fused-ring (bicyclic) bond motifs is 9. The number of hydrogen-bond donors (Lipinski definition) is 0. The molecule has 0 aliphatic heterocycles. The van der Waals surface area contributed by atoms with Crippen molar-refractivity contribution in [2.24, 2.45) is 0 Å². The second kappa shape index (κ2) is 13.1. The molecule has 3 heterocycles. The standard InChI is InChI=1S/C53H32N4S/c1-2-12-33(13-3-1)37-17-10-18-38(30-37)51-54-52(39-25-24-34-14-4-5-16-36(34)31-39)56-53(55-51)44-21-11-23-47-50(44)43-28-27-40(32-48(43)58-47)57-45-22-9-8-20-42(45)49-41-19-7-6-15-35(41)26-29-46(49)57/h1-32H. The first-order valence-corrected chi connectivity index (χ1v) is 20.3. The van der Waals surface area contributed by atoms with Gasteiger partial charge in [0.15, 0.2) is 17.5 Å². The molecule has 5 heteroatoms. The normalized spacial score (nSPS) is 11.8. The van der Waals surface area contributed by atoms with Crippen LogP contribution in [0.25, 0.3) is 115 Å². The Hall–Kier alpha value is -7.47. The van der Waals surface area contributed by atoms with Crippen LogP contribution in [0.2, 0.25) is 0 Å². The van der Waals surface area contributed by atoms with Crippen molar-refractivity contribution in [2.75, 3.05) is 0 Å². The highest BCUT2D eigenvalue weighted by molar-refractivity contribution is 7.26. The Kier molecular flexibility index (Phi) is 7.37. The van der Waals surface area contributed by atoms with E-state index in [9.17, 15) is 0 Å². The fourth-order valence-electron chi connectivity index (χ4n) is 8.71. The highest BCUT2D eigenvalue weighted by Crippen LogP contribution is 2.43. The Morgan fingerprint density at radius 2 is 1.02 bits per heavy atom. The first-order chi connectivity index (χ1) is 28.7. The van der Waals surface area contributed by atoms with Gasteiger partial charge in [0, 0.05) is 53.3 Å². The summed E-state index contributed by atoms with van der Waals surface area (Å²) in [5, 5.41) is 9.73. The van der Waals surface area contributed by atoms with Crippen molar-refractivity contribution < 1.29 is 0 Å². The minimum Gasteiger partial charge on any atom is -0.309 e. The van der Waals surface area contributed by atoms with Crippen molar-refractivity contribution in [3.8, 4) is 51.0 Å². The van der Waals surface area contributed by atoms with Crippen molar-refractivity contribution in [1.29, 1.82) is 0 Å². The number of para-hydroxylation sites is 1. The first kappa shape index (κ1) is 32.7. The molecule has 0 amide bonds. The van der Waals surface area contributed by atoms with Crippen LogP contribution in [-0.2, 0) is 0 Å². The zero-order valence-electron chi connectivity index (χ0n) is 31.2. The van der Waals surface area contributed by atoms with Crippen LogP contribution in [0.1, 0.15) is 0 Å². The lowest BCUT2D eigenvalue weighted by molar-refractivity contribution is 1.08. The van der Waals surface area contributed by atoms with Gasteiger partial charge in [-0.1, -0.05) is 152 Å². The predicted octanol–water partition coefficient (Wildman–Crippen LogP) is 14.3. The van der Waals surface area contributed by atoms with Gasteiger partial charge in [-0.25, -0.2) is 15.0 Å². The largest absolute Gasteiger partial charge is 0.309 e. The maximum atomic E-state index is 5.26. The number of thiophene rings is 1. The molecule has 12 rings (SSSR count). The van der Waals surface area contributed by atoms with Crippen LogP contribution >= 0.6 is 11.3 Å². The highest BCUT2D eigenvalue weighted by Gasteiger charge is 2.20. The van der Waals surface area contributed by atoms with Crippen LogP contribution in [-0.4, -0.2) is 19.5 Å². The summed E-state index contributed by atoms with van der Waals surface area (Å²) in [6.07, 6.45) is 0. The summed E-state index contributed by atoms with van der Waals surface area (Å²) in [7, 11) is 0. The van der Waals surface area contributed by atoms with Crippen molar-refractivity contribution in [3.63, 3.8) is 0 Å². The Bertz CT molecular complexity index is 3580. The van der Waals surface area contributed by atoms with Crippen molar-refractivity contribution in [3.05, 3.63) is 194 Å². The quantitative estimate of drug-likeness (QED) is 0.176. The third-order valence-corrected chi connectivity index (χ3v) is 12.5. The zero-order chi connectivity index (χ0) is 38.2. The van der Waals surface area contributed by atoms with E-state index in [-0.39, 0.29) is 0 Å². The third kappa shape index (κ3) is 5.25. The molecule has 0 aliphatic carbocycles. The number of rotatable bonds is 5. The average Bonchev–Trinajstić information content (AvgIpc) is 3.85. The van der Waals surface area contributed by atoms with Gasteiger partial charge < -0.3 is 4.57 Å². The molecule has 0 saturated heterocycles. The third-order valence-electron chi connectivity index (χ3n) is 11.4. The van der Waals surface area contributed by atoms with Crippen molar-refractivity contribution in [2.45, 2.75) is 0 Å². The maximum Gasteiger partial charge on any atom is 0.164 e. The number of aromatic nitrogens is 4. The molecule has 0 N–H and O–H groups in total. The molecule has 0 fully saturated rings. The van der Waals surface area contributed by atoms with E-state index in [0.29, 0.717) is 17.5 Å². The van der Waals surface area contributed by atoms with Gasteiger partial charge >= 0.3 is 0 Å². The Morgan fingerprint density at radius 1 is 0.345 bits per heavy atom. The summed E-state index contributed by atoms with van der Waals surface area (Å²) in [5.41, 5.74) is 8.70. The highest BCUT2D eigenvalue weighted by atomic mass is 32.1. The van der Waals surface area contributed by atoms with E-state index >= 15 is 0 Å². The van der Waals surface area contributed by atoms with Gasteiger partial charge in [-0.3, -0.25) is 0 Å². The molecule has 0 spiro atoms. The Balaban J connectivity index is 1.05. The molecule has 0 bridgehead atoms. The van der Waals surface area contributed by atoms with E-state index in [1.165, 1.54) is 52.8 Å². The van der Waals surface area contributed by atoms with E-state index in [0.717, 1.165) is 44.3 Å². The molecule has 4 nitrogen and oxygen atoms in total. The molecule has 0 unspecified atom stereocenters. The molecule has 58 heavy (non-hydrogen) atoms. The molecule has 0 atom stereocenters. The van der Waals surface area contributed by atoms with Crippen LogP contribution < -0.4 is 0 Å². The summed E-state index contributed by atoms with van der Waals surface area (Å²) in [5.74, 6) is 1.94. The first-order valence-electron chi connectivity index (χ1n) is 19.5. The molecule has 3 aromatic heterocycles. The van der Waals surface area contributed by atoms with Crippen LogP contribution in [0.3, 0.4) is 0 Å². The lowest BCUT2D eigenvalue weighted by Crippen LogP contribution is -2.00. The SMILES string of the molecule is c1ccc(-c2cccc(-c3nc(-c4ccc5ccccc5c4)nc(-c4cccc5sc6cc(-n7c8ccccc8c8c9ccccc9ccc87)ccc6c45)n3)c2)cc1. The van der Waals surface area contributed by atoms with E-state index in [2.05, 4.69) is 193 Å². The molecular weight excluding hydrogens is 725 g/mol. The van der Waals surface area contributed by atoms with E-state index in [1.807, 2.05) is 17.4 Å². The van der Waals surface area contributed by atoms with Gasteiger partial charge in [0.2, 0.25) is 0 Å². The minimum absolute atomic E-state index is 0.642. The smallest absolute Gasteiger partial charge is 0.164 e. The number of hydrogen-bond acceptors (Lipinski definition) is 4. The monoisotopic (exact) mass is 756 g/mol. The van der Waals surface area contributed by atoms with Crippen LogP contribution in [0.5, 0.6) is 0 Å². The fourth-order valence-corrected chi connectivity index (χ4v) is 9.87. The molecule has 0 saturated carbocycles. The fraction of sp³-hybridized carbons (Fsp3) is 0. The second-order valence-corrected chi connectivity index (χ2v) is 15.9. The van der Waals surface area contributed by atoms with E-state index < -0.39 is 0 Å². The number of benzene rings is 9. The molecule has 12 aromatic rings. The maximum absolute atomic E-state index is 5.26. The van der Waals surface area contributed by atoms with Crippen molar-refractivity contribution >= 4 is 74.9 Å². The Labute approximate surface area is 338 Å². The molecule has 9 aromatic carbocycles. The van der Waals surface area contributed by atoms with Crippen LogP contribution in [0.15, 0.2) is 194 Å². The van der Waals surface area contributed by atoms with E-state index in [1.54, 1.807) is 0 Å². The summed E-state index contributed by atoms with van der Waals surface area (Å²) >= 11 is 1.81. The van der Waals surface area contributed by atoms with Crippen LogP contribution in [0, 0.1) is 0 Å². The zero-order valence-corrected chi connectivity index (χ0v) is 32.0. The number of nitrogens with zero attached hydrogens (tertiary/aromatic N) is 4. The van der Waals surface area contributed by atoms with Crippen molar-refractivity contribution in [1.82, 2.24) is 19.5 Å². The average molecular weight is 757 g/mol. The summed E-state index contributed by atoms with van der Waals surface area (Å²) in [4.78, 5) is 15.7. The molecular formula is C53H32N4S. The molecule has 0 radical (unpaired) electrons. The summed E-state index contributed by atoms with van der Waals surface area (Å²) in [6.45, 7) is 0. The van der Waals surface area contributed by atoms with Crippen LogP contribution in [0.4, 0.5) is 0 Å². The molecule has 270 valence electrons. The van der Waals surface area contributed by atoms with Gasteiger partial charge in [-0.15, -0.1) is 11.3 Å². The lowest BCUT2D eigenvalue weighted by atomic mass is 10.0. The predicted molar refractivity (Wildman–Crippen MR) is 244 cm³/mol. The Morgan fingerprint density at radius 3 is 1.90 bits per heavy atom. The minimum atomic E-state index is 0.642. The van der Waals surface area contributed by atoms with Gasteiger partial charge in [-0.2, -0.15) is 0 Å². The summed E-state index contributed by atoms with van der Waals surface area (Å²) in [6, 6.07) is 69.2. The van der Waals surface area contributed by atoms with Gasteiger partial charge in [0.1, 0.15) is 0 Å². The van der Waals surface area contributed by atoms with Gasteiger partial charge in [0.25, 0.3) is 0 Å². The van der Waals surface area contributed by atoms with E-state index in [4.69, 9.17) is 15.0 Å².